The highest BCUT2D eigenvalue weighted by Gasteiger charge is 2.12. The van der Waals surface area contributed by atoms with E-state index in [1.165, 1.54) is 6.26 Å². The summed E-state index contributed by atoms with van der Waals surface area (Å²) in [7, 11) is -3.10. The first kappa shape index (κ1) is 17.5. The second kappa shape index (κ2) is 6.96. The van der Waals surface area contributed by atoms with Gasteiger partial charge in [-0.2, -0.15) is 11.8 Å². The number of thioether (sulfide) groups is 1. The summed E-state index contributed by atoms with van der Waals surface area (Å²) in [6.07, 6.45) is 1.23. The molecule has 0 fully saturated rings. The van der Waals surface area contributed by atoms with Crippen molar-refractivity contribution in [3.8, 4) is 0 Å². The molecule has 0 aliphatic carbocycles. The molecule has 0 aliphatic heterocycles. The summed E-state index contributed by atoms with van der Waals surface area (Å²) in [5.41, 5.74) is 1.10. The Morgan fingerprint density at radius 2 is 1.75 bits per heavy atom. The standard InChI is InChI=1S/C15H25NO2S2/c1-12(11-19-15(2,3)4)16-10-13-6-8-14(9-7-13)20(5,17)18/h6-9,12,16H,10-11H2,1-5H3/t12-/m1/s1. The fourth-order valence-corrected chi connectivity index (χ4v) is 3.08. The van der Waals surface area contributed by atoms with Gasteiger partial charge in [0.25, 0.3) is 0 Å². The zero-order chi connectivity index (χ0) is 15.4. The lowest BCUT2D eigenvalue weighted by Gasteiger charge is -2.21. The first-order valence-corrected chi connectivity index (χ1v) is 9.62. The summed E-state index contributed by atoms with van der Waals surface area (Å²) in [5, 5.41) is 3.46. The third kappa shape index (κ3) is 6.77. The Labute approximate surface area is 127 Å². The first-order valence-electron chi connectivity index (χ1n) is 6.74. The minimum Gasteiger partial charge on any atom is -0.309 e. The minimum absolute atomic E-state index is 0.285. The van der Waals surface area contributed by atoms with Gasteiger partial charge in [0, 0.05) is 29.3 Å². The predicted octanol–water partition coefficient (Wildman–Crippen LogP) is 3.10. The molecule has 1 rings (SSSR count). The molecule has 0 unspecified atom stereocenters. The summed E-state index contributed by atoms with van der Waals surface area (Å²) >= 11 is 1.94. The second-order valence-electron chi connectivity index (χ2n) is 6.12. The molecule has 0 aliphatic rings. The quantitative estimate of drug-likeness (QED) is 0.876. The molecule has 0 spiro atoms. The van der Waals surface area contributed by atoms with Crippen LogP contribution in [0.5, 0.6) is 0 Å². The van der Waals surface area contributed by atoms with Crippen LogP contribution in [-0.2, 0) is 16.4 Å². The van der Waals surface area contributed by atoms with E-state index in [4.69, 9.17) is 0 Å². The van der Waals surface area contributed by atoms with Crippen LogP contribution in [0.25, 0.3) is 0 Å². The van der Waals surface area contributed by atoms with Gasteiger partial charge in [0.2, 0.25) is 0 Å². The Morgan fingerprint density at radius 3 is 2.20 bits per heavy atom. The molecule has 0 bridgehead atoms. The molecule has 0 radical (unpaired) electrons. The summed E-state index contributed by atoms with van der Waals surface area (Å²) in [5.74, 6) is 1.06. The lowest BCUT2D eigenvalue weighted by molar-refractivity contribution is 0.592. The van der Waals surface area contributed by atoms with E-state index in [0.717, 1.165) is 17.9 Å². The molecule has 114 valence electrons. The maximum Gasteiger partial charge on any atom is 0.175 e. The van der Waals surface area contributed by atoms with Crippen LogP contribution in [0.3, 0.4) is 0 Å². The van der Waals surface area contributed by atoms with Crippen LogP contribution in [-0.4, -0.2) is 31.2 Å². The topological polar surface area (TPSA) is 46.2 Å². The van der Waals surface area contributed by atoms with Gasteiger partial charge in [-0.05, 0) is 24.6 Å². The van der Waals surface area contributed by atoms with Crippen LogP contribution < -0.4 is 5.32 Å². The predicted molar refractivity (Wildman–Crippen MR) is 88.1 cm³/mol. The van der Waals surface area contributed by atoms with Gasteiger partial charge in [0.05, 0.1) is 4.90 Å². The zero-order valence-corrected chi connectivity index (χ0v) is 14.6. The molecule has 5 heteroatoms. The van der Waals surface area contributed by atoms with E-state index >= 15 is 0 Å². The van der Waals surface area contributed by atoms with Crippen molar-refractivity contribution in [3.05, 3.63) is 29.8 Å². The van der Waals surface area contributed by atoms with E-state index in [-0.39, 0.29) is 4.75 Å². The third-order valence-corrected chi connectivity index (χ3v) is 5.43. The van der Waals surface area contributed by atoms with Gasteiger partial charge in [0.15, 0.2) is 9.84 Å². The Hall–Kier alpha value is -0.520. The molecule has 0 amide bonds. The normalized spacial score (nSPS) is 14.2. The van der Waals surface area contributed by atoms with Gasteiger partial charge in [-0.3, -0.25) is 0 Å². The molecule has 20 heavy (non-hydrogen) atoms. The molecule has 0 heterocycles. The summed E-state index contributed by atoms with van der Waals surface area (Å²) in [4.78, 5) is 0.373. The van der Waals surface area contributed by atoms with E-state index in [9.17, 15) is 8.42 Å². The molecule has 1 aromatic carbocycles. The molecular formula is C15H25NO2S2. The number of nitrogens with one attached hydrogen (secondary N) is 1. The number of rotatable bonds is 6. The largest absolute Gasteiger partial charge is 0.309 e. The van der Waals surface area contributed by atoms with Crippen molar-refractivity contribution in [1.29, 1.82) is 0 Å². The number of benzene rings is 1. The smallest absolute Gasteiger partial charge is 0.175 e. The fourth-order valence-electron chi connectivity index (χ4n) is 1.58. The van der Waals surface area contributed by atoms with Crippen LogP contribution in [0.2, 0.25) is 0 Å². The lowest BCUT2D eigenvalue weighted by atomic mass is 10.2. The Bertz CT molecular complexity index is 516. The van der Waals surface area contributed by atoms with Crippen molar-refractivity contribution < 1.29 is 8.42 Å². The Kier molecular flexibility index (Phi) is 6.10. The highest BCUT2D eigenvalue weighted by atomic mass is 32.2. The van der Waals surface area contributed by atoms with Crippen LogP contribution in [0, 0.1) is 0 Å². The molecule has 1 atom stereocenters. The van der Waals surface area contributed by atoms with Crippen molar-refractivity contribution in [3.63, 3.8) is 0 Å². The van der Waals surface area contributed by atoms with Gasteiger partial charge in [0.1, 0.15) is 0 Å². The monoisotopic (exact) mass is 315 g/mol. The maximum absolute atomic E-state index is 11.4. The van der Waals surface area contributed by atoms with Crippen molar-refractivity contribution >= 4 is 21.6 Å². The first-order chi connectivity index (χ1) is 9.08. The van der Waals surface area contributed by atoms with Gasteiger partial charge < -0.3 is 5.32 Å². The van der Waals surface area contributed by atoms with Crippen LogP contribution >= 0.6 is 11.8 Å². The molecule has 0 saturated carbocycles. The number of hydrogen-bond donors (Lipinski definition) is 1. The van der Waals surface area contributed by atoms with Crippen molar-refractivity contribution in [2.24, 2.45) is 0 Å². The van der Waals surface area contributed by atoms with E-state index in [2.05, 4.69) is 33.0 Å². The van der Waals surface area contributed by atoms with Gasteiger partial charge in [-0.25, -0.2) is 8.42 Å². The van der Waals surface area contributed by atoms with E-state index in [1.807, 2.05) is 23.9 Å². The minimum atomic E-state index is -3.10. The maximum atomic E-state index is 11.4. The SMILES string of the molecule is C[C@H](CSC(C)(C)C)NCc1ccc(S(C)(=O)=O)cc1. The average Bonchev–Trinajstić information content (AvgIpc) is 2.32. The third-order valence-electron chi connectivity index (χ3n) is 2.77. The summed E-state index contributed by atoms with van der Waals surface area (Å²) < 4.78 is 23.0. The van der Waals surface area contributed by atoms with E-state index in [1.54, 1.807) is 12.1 Å². The lowest BCUT2D eigenvalue weighted by Crippen LogP contribution is -2.29. The molecule has 3 nitrogen and oxygen atoms in total. The van der Waals surface area contributed by atoms with Gasteiger partial charge in [-0.1, -0.05) is 32.9 Å². The molecule has 0 aromatic heterocycles. The molecular weight excluding hydrogens is 290 g/mol. The molecule has 1 N–H and O–H groups in total. The van der Waals surface area contributed by atoms with Crippen LogP contribution in [0.1, 0.15) is 33.3 Å². The van der Waals surface area contributed by atoms with Gasteiger partial charge >= 0.3 is 0 Å². The average molecular weight is 316 g/mol. The molecule has 1 aromatic rings. The number of sulfone groups is 1. The van der Waals surface area contributed by atoms with E-state index < -0.39 is 9.84 Å². The Balaban J connectivity index is 2.46. The van der Waals surface area contributed by atoms with Crippen LogP contribution in [0.4, 0.5) is 0 Å². The zero-order valence-electron chi connectivity index (χ0n) is 12.9. The fraction of sp³-hybridized carbons (Fsp3) is 0.600. The van der Waals surface area contributed by atoms with Crippen LogP contribution in [0.15, 0.2) is 29.2 Å². The highest BCUT2D eigenvalue weighted by Crippen LogP contribution is 2.23. The van der Waals surface area contributed by atoms with E-state index in [0.29, 0.717) is 10.9 Å². The second-order valence-corrected chi connectivity index (χ2v) is 9.98. The Morgan fingerprint density at radius 1 is 1.20 bits per heavy atom. The number of hydrogen-bond acceptors (Lipinski definition) is 4. The van der Waals surface area contributed by atoms with Crippen molar-refractivity contribution in [2.45, 2.75) is 49.9 Å². The van der Waals surface area contributed by atoms with Gasteiger partial charge in [-0.15, -0.1) is 0 Å². The van der Waals surface area contributed by atoms with Crippen molar-refractivity contribution in [1.82, 2.24) is 5.32 Å². The summed E-state index contributed by atoms with van der Waals surface area (Å²) in [6.45, 7) is 9.58. The summed E-state index contributed by atoms with van der Waals surface area (Å²) in [6, 6.07) is 7.50. The highest BCUT2D eigenvalue weighted by molar-refractivity contribution is 8.00. The van der Waals surface area contributed by atoms with Crippen molar-refractivity contribution in [2.75, 3.05) is 12.0 Å². The molecule has 0 saturated heterocycles.